The Morgan fingerprint density at radius 1 is 1.31 bits per heavy atom. The van der Waals surface area contributed by atoms with E-state index in [4.69, 9.17) is 16.3 Å². The summed E-state index contributed by atoms with van der Waals surface area (Å²) in [5.41, 5.74) is 0.913. The number of nitrogens with one attached hydrogen (secondary N) is 1. The predicted octanol–water partition coefficient (Wildman–Crippen LogP) is 3.25. The molecule has 1 N–H and O–H groups in total. The summed E-state index contributed by atoms with van der Waals surface area (Å²) in [5.74, 6) is -0.649. The number of nitro benzene ring substituents is 1. The van der Waals surface area contributed by atoms with E-state index in [1.807, 2.05) is 0 Å². The van der Waals surface area contributed by atoms with Crippen molar-refractivity contribution in [3.8, 4) is 5.75 Å². The zero-order chi connectivity index (χ0) is 18.8. The van der Waals surface area contributed by atoms with Crippen molar-refractivity contribution in [2.45, 2.75) is 6.42 Å². The highest BCUT2D eigenvalue weighted by Crippen LogP contribution is 2.34. The van der Waals surface area contributed by atoms with Crippen LogP contribution in [0.5, 0.6) is 5.75 Å². The van der Waals surface area contributed by atoms with E-state index in [0.717, 1.165) is 0 Å². The first kappa shape index (κ1) is 17.7. The maximum Gasteiger partial charge on any atom is 0.310 e. The molecule has 8 nitrogen and oxygen atoms in total. The van der Waals surface area contributed by atoms with Crippen LogP contribution in [0.2, 0.25) is 5.02 Å². The van der Waals surface area contributed by atoms with E-state index in [0.29, 0.717) is 16.4 Å². The van der Waals surface area contributed by atoms with Crippen molar-refractivity contribution in [2.75, 3.05) is 23.9 Å². The molecule has 0 atom stereocenters. The molecule has 0 saturated heterocycles. The van der Waals surface area contributed by atoms with Crippen molar-refractivity contribution in [1.82, 2.24) is 0 Å². The smallest absolute Gasteiger partial charge is 0.310 e. The second-order valence-corrected chi connectivity index (χ2v) is 6.00. The minimum absolute atomic E-state index is 0.0128. The number of hydrogen-bond acceptors (Lipinski definition) is 5. The first-order chi connectivity index (χ1) is 12.4. The van der Waals surface area contributed by atoms with Gasteiger partial charge < -0.3 is 15.0 Å². The lowest BCUT2D eigenvalue weighted by Crippen LogP contribution is -2.31. The normalized spacial score (nSPS) is 13.5. The van der Waals surface area contributed by atoms with Crippen LogP contribution in [0.3, 0.4) is 0 Å². The Hall–Kier alpha value is -3.13. The number of anilines is 2. The minimum atomic E-state index is -0.584. The number of hydrogen-bond donors (Lipinski definition) is 1. The highest BCUT2D eigenvalue weighted by atomic mass is 35.5. The fourth-order valence-electron chi connectivity index (χ4n) is 2.72. The van der Waals surface area contributed by atoms with Gasteiger partial charge in [0.1, 0.15) is 0 Å². The number of halogens is 1. The molecule has 0 bridgehead atoms. The Bertz CT molecular complexity index is 915. The van der Waals surface area contributed by atoms with Crippen molar-refractivity contribution < 1.29 is 19.2 Å². The average molecular weight is 376 g/mol. The number of nitrogens with zero attached hydrogens (tertiary/aromatic N) is 2. The van der Waals surface area contributed by atoms with Crippen LogP contribution in [0.4, 0.5) is 17.1 Å². The largest absolute Gasteiger partial charge is 0.490 e. The van der Waals surface area contributed by atoms with Crippen LogP contribution in [0.15, 0.2) is 36.4 Å². The highest BCUT2D eigenvalue weighted by molar-refractivity contribution is 6.31. The third-order valence-corrected chi connectivity index (χ3v) is 4.19. The fourth-order valence-corrected chi connectivity index (χ4v) is 2.89. The molecule has 1 heterocycles. The van der Waals surface area contributed by atoms with E-state index < -0.39 is 10.8 Å². The lowest BCUT2D eigenvalue weighted by atomic mass is 10.1. The molecule has 2 aromatic carbocycles. The molecule has 134 valence electrons. The number of ether oxygens (including phenoxy) is 1. The number of methoxy groups -OCH3 is 1. The molecule has 9 heteroatoms. The Morgan fingerprint density at radius 2 is 2.08 bits per heavy atom. The summed E-state index contributed by atoms with van der Waals surface area (Å²) in [7, 11) is 1.29. The number of carbonyl (C=O) groups excluding carboxylic acids is 2. The standard InChI is InChI=1S/C17H14ClN3O5/c1-26-15-8-10(2-4-14(15)21(24)25)17(23)20-7-6-16(22)19-12-9-11(18)3-5-13(12)20/h2-5,8-9H,6-7H2,1H3,(H,19,22). The van der Waals surface area contributed by atoms with Gasteiger partial charge in [0.25, 0.3) is 5.91 Å². The maximum atomic E-state index is 13.0. The number of fused-ring (bicyclic) bond motifs is 1. The summed E-state index contributed by atoms with van der Waals surface area (Å²) in [6.07, 6.45) is 0.113. The summed E-state index contributed by atoms with van der Waals surface area (Å²) in [5, 5.41) is 14.2. The van der Waals surface area contributed by atoms with Crippen molar-refractivity contribution in [2.24, 2.45) is 0 Å². The SMILES string of the molecule is COc1cc(C(=O)N2CCC(=O)Nc3cc(Cl)ccc32)ccc1[N+](=O)[O-]. The van der Waals surface area contributed by atoms with E-state index in [1.54, 1.807) is 18.2 Å². The number of nitro groups is 1. The first-order valence-electron chi connectivity index (χ1n) is 7.64. The van der Waals surface area contributed by atoms with E-state index in [-0.39, 0.29) is 35.9 Å². The summed E-state index contributed by atoms with van der Waals surface area (Å²) in [6, 6.07) is 8.72. The van der Waals surface area contributed by atoms with Crippen LogP contribution in [0.1, 0.15) is 16.8 Å². The van der Waals surface area contributed by atoms with E-state index in [2.05, 4.69) is 5.32 Å². The van der Waals surface area contributed by atoms with Crippen LogP contribution in [0.25, 0.3) is 0 Å². The number of rotatable bonds is 3. The molecule has 2 amide bonds. The Kier molecular flexibility index (Phi) is 4.77. The Labute approximate surface area is 153 Å². The maximum absolute atomic E-state index is 13.0. The van der Waals surface area contributed by atoms with Gasteiger partial charge in [-0.2, -0.15) is 0 Å². The fraction of sp³-hybridized carbons (Fsp3) is 0.176. The lowest BCUT2D eigenvalue weighted by Gasteiger charge is -2.22. The molecule has 2 aromatic rings. The van der Waals surface area contributed by atoms with Gasteiger partial charge >= 0.3 is 5.69 Å². The van der Waals surface area contributed by atoms with Crippen LogP contribution in [-0.4, -0.2) is 30.4 Å². The summed E-state index contributed by atoms with van der Waals surface area (Å²) in [6.45, 7) is 0.165. The lowest BCUT2D eigenvalue weighted by molar-refractivity contribution is -0.385. The molecule has 0 fully saturated rings. The topological polar surface area (TPSA) is 102 Å². The first-order valence-corrected chi connectivity index (χ1v) is 8.02. The molecule has 0 aliphatic carbocycles. The predicted molar refractivity (Wildman–Crippen MR) is 96.0 cm³/mol. The van der Waals surface area contributed by atoms with E-state index in [1.165, 1.54) is 30.2 Å². The third kappa shape index (κ3) is 3.31. The molecular weight excluding hydrogens is 362 g/mol. The Morgan fingerprint density at radius 3 is 2.77 bits per heavy atom. The highest BCUT2D eigenvalue weighted by Gasteiger charge is 2.26. The van der Waals surface area contributed by atoms with Gasteiger partial charge in [-0.25, -0.2) is 0 Å². The second-order valence-electron chi connectivity index (χ2n) is 5.56. The van der Waals surface area contributed by atoms with Crippen molar-refractivity contribution >= 4 is 40.5 Å². The number of carbonyl (C=O) groups is 2. The monoisotopic (exact) mass is 375 g/mol. The minimum Gasteiger partial charge on any atom is -0.490 e. The van der Waals surface area contributed by atoms with Crippen molar-refractivity contribution in [1.29, 1.82) is 0 Å². The van der Waals surface area contributed by atoms with Crippen molar-refractivity contribution in [3.05, 3.63) is 57.1 Å². The number of benzene rings is 2. The molecule has 1 aliphatic heterocycles. The van der Waals surface area contributed by atoms with Gasteiger partial charge in [0.15, 0.2) is 5.75 Å². The van der Waals surface area contributed by atoms with E-state index >= 15 is 0 Å². The van der Waals surface area contributed by atoms with Crippen LogP contribution in [0, 0.1) is 10.1 Å². The molecule has 1 aliphatic rings. The van der Waals surface area contributed by atoms with Gasteiger partial charge in [-0.05, 0) is 24.3 Å². The molecule has 3 rings (SSSR count). The third-order valence-electron chi connectivity index (χ3n) is 3.95. The van der Waals surface area contributed by atoms with Crippen LogP contribution >= 0.6 is 11.6 Å². The van der Waals surface area contributed by atoms with Crippen LogP contribution < -0.4 is 15.0 Å². The molecular formula is C17H14ClN3O5. The molecule has 26 heavy (non-hydrogen) atoms. The quantitative estimate of drug-likeness (QED) is 0.655. The summed E-state index contributed by atoms with van der Waals surface area (Å²) < 4.78 is 5.02. The zero-order valence-electron chi connectivity index (χ0n) is 13.7. The van der Waals surface area contributed by atoms with Gasteiger partial charge in [0, 0.05) is 35.7 Å². The van der Waals surface area contributed by atoms with Gasteiger partial charge in [-0.3, -0.25) is 19.7 Å². The second kappa shape index (κ2) is 7.01. The zero-order valence-corrected chi connectivity index (χ0v) is 14.4. The molecule has 0 aromatic heterocycles. The van der Waals surface area contributed by atoms with Crippen molar-refractivity contribution in [3.63, 3.8) is 0 Å². The molecule has 0 unspecified atom stereocenters. The van der Waals surface area contributed by atoms with E-state index in [9.17, 15) is 19.7 Å². The molecule has 0 radical (unpaired) electrons. The number of amides is 2. The Balaban J connectivity index is 2.02. The van der Waals surface area contributed by atoms with Gasteiger partial charge in [0.2, 0.25) is 5.91 Å². The van der Waals surface area contributed by atoms with Gasteiger partial charge in [-0.15, -0.1) is 0 Å². The van der Waals surface area contributed by atoms with Gasteiger partial charge in [0.05, 0.1) is 23.4 Å². The molecule has 0 spiro atoms. The average Bonchev–Trinajstić information content (AvgIpc) is 2.78. The summed E-state index contributed by atoms with van der Waals surface area (Å²) in [4.78, 5) is 36.7. The molecule has 0 saturated carbocycles. The summed E-state index contributed by atoms with van der Waals surface area (Å²) >= 11 is 5.97. The van der Waals surface area contributed by atoms with Crippen LogP contribution in [-0.2, 0) is 4.79 Å². The van der Waals surface area contributed by atoms with Gasteiger partial charge in [-0.1, -0.05) is 11.6 Å².